The van der Waals surface area contributed by atoms with E-state index in [1.54, 1.807) is 31.0 Å². The van der Waals surface area contributed by atoms with Crippen molar-refractivity contribution >= 4 is 23.7 Å². The summed E-state index contributed by atoms with van der Waals surface area (Å²) in [6.07, 6.45) is 5.39. The number of amides is 1. The molecule has 0 spiro atoms. The lowest BCUT2D eigenvalue weighted by Crippen LogP contribution is -2.24. The Morgan fingerprint density at radius 1 is 1.13 bits per heavy atom. The predicted octanol–water partition coefficient (Wildman–Crippen LogP) is 4.31. The van der Waals surface area contributed by atoms with Crippen molar-refractivity contribution in [2.24, 2.45) is 0 Å². The zero-order chi connectivity index (χ0) is 16.7. The Hall–Kier alpha value is -2.20. The van der Waals surface area contributed by atoms with E-state index in [0.717, 1.165) is 16.9 Å². The minimum absolute atomic E-state index is 0.0288. The fourth-order valence-corrected chi connectivity index (χ4v) is 2.53. The van der Waals surface area contributed by atoms with Gasteiger partial charge in [0, 0.05) is 11.0 Å². The number of rotatable bonds is 6. The molecule has 1 amide bonds. The summed E-state index contributed by atoms with van der Waals surface area (Å²) in [5, 5.41) is 2.97. The third-order valence-corrected chi connectivity index (χ3v) is 4.26. The summed E-state index contributed by atoms with van der Waals surface area (Å²) in [7, 11) is 1.63. The summed E-state index contributed by atoms with van der Waals surface area (Å²) in [6.45, 7) is 1.98. The number of thioether (sulfide) groups is 1. The van der Waals surface area contributed by atoms with E-state index in [0.29, 0.717) is 0 Å². The molecule has 2 aromatic rings. The van der Waals surface area contributed by atoms with E-state index in [1.807, 2.05) is 49.6 Å². The highest BCUT2D eigenvalue weighted by molar-refractivity contribution is 7.98. The van der Waals surface area contributed by atoms with Crippen LogP contribution in [0.4, 0.5) is 0 Å². The Bertz CT molecular complexity index is 663. The van der Waals surface area contributed by atoms with Crippen LogP contribution in [0.3, 0.4) is 0 Å². The molecule has 1 N–H and O–H groups in total. The summed E-state index contributed by atoms with van der Waals surface area (Å²) >= 11 is 1.70. The van der Waals surface area contributed by atoms with Crippen LogP contribution in [0.1, 0.15) is 24.1 Å². The number of benzene rings is 2. The molecule has 0 aliphatic carbocycles. The van der Waals surface area contributed by atoms with Crippen molar-refractivity contribution in [1.29, 1.82) is 0 Å². The van der Waals surface area contributed by atoms with E-state index in [2.05, 4.69) is 17.4 Å². The molecule has 4 heteroatoms. The summed E-state index contributed by atoms with van der Waals surface area (Å²) < 4.78 is 5.11. The van der Waals surface area contributed by atoms with E-state index >= 15 is 0 Å². The van der Waals surface area contributed by atoms with E-state index in [9.17, 15) is 4.79 Å². The largest absolute Gasteiger partial charge is 0.497 e. The normalized spacial score (nSPS) is 12.1. The van der Waals surface area contributed by atoms with Gasteiger partial charge in [-0.05, 0) is 54.6 Å². The average molecular weight is 327 g/mol. The van der Waals surface area contributed by atoms with Crippen molar-refractivity contribution in [2.75, 3.05) is 13.4 Å². The average Bonchev–Trinajstić information content (AvgIpc) is 2.60. The minimum Gasteiger partial charge on any atom is -0.497 e. The van der Waals surface area contributed by atoms with E-state index < -0.39 is 0 Å². The maximum Gasteiger partial charge on any atom is 0.244 e. The van der Waals surface area contributed by atoms with Crippen LogP contribution < -0.4 is 10.1 Å². The van der Waals surface area contributed by atoms with Crippen molar-refractivity contribution in [2.45, 2.75) is 17.9 Å². The quantitative estimate of drug-likeness (QED) is 0.635. The van der Waals surface area contributed by atoms with E-state index in [4.69, 9.17) is 4.74 Å². The van der Waals surface area contributed by atoms with Gasteiger partial charge in [-0.1, -0.05) is 24.3 Å². The number of carbonyl (C=O) groups excluding carboxylic acids is 1. The van der Waals surface area contributed by atoms with Crippen molar-refractivity contribution in [3.63, 3.8) is 0 Å². The SMILES string of the molecule is COc1ccc(/C=C/C(=O)N[C@@H](C)c2ccc(SC)cc2)cc1. The number of nitrogens with one attached hydrogen (secondary N) is 1. The van der Waals surface area contributed by atoms with Crippen LogP contribution in [-0.2, 0) is 4.79 Å². The molecule has 0 aliphatic heterocycles. The Balaban J connectivity index is 1.93. The molecular formula is C19H21NO2S. The van der Waals surface area contributed by atoms with Gasteiger partial charge in [-0.25, -0.2) is 0 Å². The first-order valence-electron chi connectivity index (χ1n) is 7.39. The molecule has 0 aromatic heterocycles. The summed E-state index contributed by atoms with van der Waals surface area (Å²) in [4.78, 5) is 13.2. The molecule has 120 valence electrons. The van der Waals surface area contributed by atoms with Crippen LogP contribution in [0, 0.1) is 0 Å². The monoisotopic (exact) mass is 327 g/mol. The molecule has 1 atom stereocenters. The molecule has 0 unspecified atom stereocenters. The van der Waals surface area contributed by atoms with Gasteiger partial charge in [0.2, 0.25) is 5.91 Å². The highest BCUT2D eigenvalue weighted by Crippen LogP contribution is 2.19. The molecule has 0 radical (unpaired) electrons. The number of hydrogen-bond donors (Lipinski definition) is 1. The van der Waals surface area contributed by atoms with Gasteiger partial charge in [-0.2, -0.15) is 0 Å². The highest BCUT2D eigenvalue weighted by atomic mass is 32.2. The van der Waals surface area contributed by atoms with Crippen molar-refractivity contribution < 1.29 is 9.53 Å². The molecule has 2 aromatic carbocycles. The molecule has 0 heterocycles. The second kappa shape index (κ2) is 8.44. The third kappa shape index (κ3) is 5.18. The molecular weight excluding hydrogens is 306 g/mol. The highest BCUT2D eigenvalue weighted by Gasteiger charge is 2.07. The lowest BCUT2D eigenvalue weighted by Gasteiger charge is -2.13. The van der Waals surface area contributed by atoms with Crippen LogP contribution in [0.2, 0.25) is 0 Å². The number of ether oxygens (including phenoxy) is 1. The van der Waals surface area contributed by atoms with Gasteiger partial charge < -0.3 is 10.1 Å². The second-order valence-electron chi connectivity index (χ2n) is 5.11. The first kappa shape index (κ1) is 17.2. The zero-order valence-electron chi connectivity index (χ0n) is 13.6. The molecule has 3 nitrogen and oxygen atoms in total. The molecule has 0 fully saturated rings. The van der Waals surface area contributed by atoms with Gasteiger partial charge in [-0.3, -0.25) is 4.79 Å². The van der Waals surface area contributed by atoms with Crippen LogP contribution in [0.15, 0.2) is 59.5 Å². The van der Waals surface area contributed by atoms with E-state index in [1.165, 1.54) is 4.90 Å². The zero-order valence-corrected chi connectivity index (χ0v) is 14.4. The number of methoxy groups -OCH3 is 1. The Labute approximate surface area is 141 Å². The van der Waals surface area contributed by atoms with Gasteiger partial charge in [0.15, 0.2) is 0 Å². The van der Waals surface area contributed by atoms with Crippen LogP contribution >= 0.6 is 11.8 Å². The first-order chi connectivity index (χ1) is 11.1. The van der Waals surface area contributed by atoms with E-state index in [-0.39, 0.29) is 11.9 Å². The van der Waals surface area contributed by atoms with Gasteiger partial charge in [0.1, 0.15) is 5.75 Å². The van der Waals surface area contributed by atoms with Crippen LogP contribution in [0.25, 0.3) is 6.08 Å². The summed E-state index contributed by atoms with van der Waals surface area (Å²) in [5.74, 6) is 0.691. The lowest BCUT2D eigenvalue weighted by atomic mass is 10.1. The maximum absolute atomic E-state index is 12.0. The second-order valence-corrected chi connectivity index (χ2v) is 5.99. The topological polar surface area (TPSA) is 38.3 Å². The smallest absolute Gasteiger partial charge is 0.244 e. The van der Waals surface area contributed by atoms with Crippen molar-refractivity contribution in [3.05, 3.63) is 65.7 Å². The lowest BCUT2D eigenvalue weighted by molar-refractivity contribution is -0.117. The maximum atomic E-state index is 12.0. The molecule has 0 saturated heterocycles. The Morgan fingerprint density at radius 3 is 2.35 bits per heavy atom. The summed E-state index contributed by atoms with van der Waals surface area (Å²) in [5.41, 5.74) is 2.05. The standard InChI is InChI=1S/C19H21NO2S/c1-14(16-7-11-18(23-3)12-8-16)20-19(21)13-6-15-4-9-17(22-2)10-5-15/h4-14H,1-3H3,(H,20,21)/b13-6+/t14-/m0/s1. The fraction of sp³-hybridized carbons (Fsp3) is 0.211. The molecule has 0 aliphatic rings. The fourth-order valence-electron chi connectivity index (χ4n) is 2.12. The summed E-state index contributed by atoms with van der Waals surface area (Å²) in [6, 6.07) is 15.7. The third-order valence-electron chi connectivity index (χ3n) is 3.52. The van der Waals surface area contributed by atoms with Gasteiger partial charge >= 0.3 is 0 Å². The molecule has 0 bridgehead atoms. The van der Waals surface area contributed by atoms with Crippen LogP contribution in [0.5, 0.6) is 5.75 Å². The molecule has 2 rings (SSSR count). The van der Waals surface area contributed by atoms with Gasteiger partial charge in [0.05, 0.1) is 13.2 Å². The number of carbonyl (C=O) groups is 1. The van der Waals surface area contributed by atoms with Crippen molar-refractivity contribution in [3.8, 4) is 5.75 Å². The van der Waals surface area contributed by atoms with Gasteiger partial charge in [-0.15, -0.1) is 11.8 Å². The van der Waals surface area contributed by atoms with Gasteiger partial charge in [0.25, 0.3) is 0 Å². The minimum atomic E-state index is -0.109. The predicted molar refractivity (Wildman–Crippen MR) is 96.8 cm³/mol. The molecule has 0 saturated carbocycles. The Morgan fingerprint density at radius 2 is 1.78 bits per heavy atom. The molecule has 23 heavy (non-hydrogen) atoms. The Kier molecular flexibility index (Phi) is 6.29. The van der Waals surface area contributed by atoms with Crippen molar-refractivity contribution in [1.82, 2.24) is 5.32 Å². The van der Waals surface area contributed by atoms with Crippen LogP contribution in [-0.4, -0.2) is 19.3 Å². The number of hydrogen-bond acceptors (Lipinski definition) is 3. The first-order valence-corrected chi connectivity index (χ1v) is 8.61.